The zero-order valence-corrected chi connectivity index (χ0v) is 13.5. The molecular weight excluding hydrogens is 294 g/mol. The third-order valence-electron chi connectivity index (χ3n) is 5.44. The van der Waals surface area contributed by atoms with E-state index in [1.165, 1.54) is 0 Å². The van der Waals surface area contributed by atoms with Crippen LogP contribution in [-0.4, -0.2) is 42.1 Å². The van der Waals surface area contributed by atoms with Crippen molar-refractivity contribution in [3.8, 4) is 5.75 Å². The molecule has 1 heterocycles. The Bertz CT molecular complexity index is 598. The molecule has 1 N–H and O–H groups in total. The first-order valence-corrected chi connectivity index (χ1v) is 8.19. The van der Waals surface area contributed by atoms with Crippen LogP contribution in [-0.2, 0) is 16.0 Å². The number of aliphatic carboxylic acids is 1. The van der Waals surface area contributed by atoms with E-state index in [2.05, 4.69) is 0 Å². The van der Waals surface area contributed by atoms with E-state index in [1.54, 1.807) is 12.0 Å². The van der Waals surface area contributed by atoms with Crippen molar-refractivity contribution < 1.29 is 19.4 Å². The number of nitrogens with zero attached hydrogens (tertiary/aromatic N) is 1. The number of aryl methyl sites for hydroxylation is 1. The van der Waals surface area contributed by atoms with Crippen LogP contribution >= 0.6 is 0 Å². The predicted octanol–water partition coefficient (Wildman–Crippen LogP) is 2.34. The molecule has 124 valence electrons. The molecule has 1 saturated carbocycles. The van der Waals surface area contributed by atoms with Crippen molar-refractivity contribution in [2.24, 2.45) is 11.3 Å². The lowest BCUT2D eigenvalue weighted by Crippen LogP contribution is -2.37. The van der Waals surface area contributed by atoms with Gasteiger partial charge in [0.15, 0.2) is 0 Å². The lowest BCUT2D eigenvalue weighted by Gasteiger charge is -2.23. The van der Waals surface area contributed by atoms with Crippen molar-refractivity contribution in [3.05, 3.63) is 29.8 Å². The van der Waals surface area contributed by atoms with Crippen molar-refractivity contribution in [2.45, 2.75) is 32.1 Å². The molecule has 0 aromatic heterocycles. The van der Waals surface area contributed by atoms with Crippen LogP contribution < -0.4 is 4.74 Å². The molecule has 2 aliphatic rings. The fourth-order valence-electron chi connectivity index (χ4n) is 4.03. The first-order chi connectivity index (χ1) is 11.0. The van der Waals surface area contributed by atoms with Gasteiger partial charge < -0.3 is 14.7 Å². The summed E-state index contributed by atoms with van der Waals surface area (Å²) in [5.74, 6) is 0.266. The van der Waals surface area contributed by atoms with E-state index in [0.717, 1.165) is 24.2 Å². The number of hydrogen-bond donors (Lipinski definition) is 1. The normalized spacial score (nSPS) is 26.1. The number of benzene rings is 1. The molecule has 1 saturated heterocycles. The van der Waals surface area contributed by atoms with Crippen LogP contribution in [0.25, 0.3) is 0 Å². The quantitative estimate of drug-likeness (QED) is 0.905. The largest absolute Gasteiger partial charge is 0.497 e. The molecule has 1 aliphatic heterocycles. The van der Waals surface area contributed by atoms with Crippen LogP contribution in [0.4, 0.5) is 0 Å². The van der Waals surface area contributed by atoms with E-state index >= 15 is 0 Å². The third kappa shape index (κ3) is 2.92. The molecule has 2 atom stereocenters. The number of methoxy groups -OCH3 is 1. The molecule has 1 amide bonds. The summed E-state index contributed by atoms with van der Waals surface area (Å²) in [6.45, 7) is 0.988. The molecule has 1 aliphatic carbocycles. The van der Waals surface area contributed by atoms with Crippen molar-refractivity contribution in [3.63, 3.8) is 0 Å². The van der Waals surface area contributed by atoms with Gasteiger partial charge >= 0.3 is 5.97 Å². The summed E-state index contributed by atoms with van der Waals surface area (Å²) in [5.41, 5.74) is 0.405. The Balaban J connectivity index is 1.58. The second-order valence-electron chi connectivity index (χ2n) is 6.67. The van der Waals surface area contributed by atoms with Crippen LogP contribution in [0.3, 0.4) is 0 Å². The smallest absolute Gasteiger partial charge is 0.311 e. The molecule has 1 aromatic rings. The number of likely N-dealkylation sites (tertiary alicyclic amines) is 1. The number of carboxylic acids is 1. The highest BCUT2D eigenvalue weighted by molar-refractivity contribution is 5.81. The maximum absolute atomic E-state index is 12.4. The van der Waals surface area contributed by atoms with Crippen molar-refractivity contribution >= 4 is 11.9 Å². The Kier molecular flexibility index (Phi) is 4.28. The van der Waals surface area contributed by atoms with Gasteiger partial charge in [0.25, 0.3) is 0 Å². The van der Waals surface area contributed by atoms with Crippen LogP contribution in [0.2, 0.25) is 0 Å². The van der Waals surface area contributed by atoms with Gasteiger partial charge in [0.2, 0.25) is 5.91 Å². The predicted molar refractivity (Wildman–Crippen MR) is 85.3 cm³/mol. The summed E-state index contributed by atoms with van der Waals surface area (Å²) < 4.78 is 5.12. The summed E-state index contributed by atoms with van der Waals surface area (Å²) in [7, 11) is 1.63. The summed E-state index contributed by atoms with van der Waals surface area (Å²) >= 11 is 0. The Labute approximate surface area is 136 Å². The Morgan fingerprint density at radius 3 is 2.70 bits per heavy atom. The van der Waals surface area contributed by atoms with Crippen LogP contribution in [0, 0.1) is 11.3 Å². The molecule has 3 rings (SSSR count). The fraction of sp³-hybridized carbons (Fsp3) is 0.556. The standard InChI is InChI=1S/C18H23NO4/c1-23-15-7-4-13(5-8-15)6-9-16(20)19-11-14-3-2-10-18(14,12-19)17(21)22/h4-5,7-8,14H,2-3,6,9-12H2,1H3,(H,21,22)/t14-,18+/m0/s1. The monoisotopic (exact) mass is 317 g/mol. The first-order valence-electron chi connectivity index (χ1n) is 8.19. The highest BCUT2D eigenvalue weighted by Gasteiger charge is 2.55. The van der Waals surface area contributed by atoms with E-state index in [0.29, 0.717) is 32.4 Å². The first kappa shape index (κ1) is 15.8. The second kappa shape index (κ2) is 6.22. The molecule has 5 heteroatoms. The van der Waals surface area contributed by atoms with Gasteiger partial charge in [-0.2, -0.15) is 0 Å². The minimum Gasteiger partial charge on any atom is -0.497 e. The van der Waals surface area contributed by atoms with Crippen LogP contribution in [0.1, 0.15) is 31.2 Å². The summed E-state index contributed by atoms with van der Waals surface area (Å²) in [6, 6.07) is 7.70. The number of carbonyl (C=O) groups excluding carboxylic acids is 1. The Hall–Kier alpha value is -2.04. The number of carboxylic acid groups (broad SMARTS) is 1. The Morgan fingerprint density at radius 2 is 2.09 bits per heavy atom. The number of hydrogen-bond acceptors (Lipinski definition) is 3. The van der Waals surface area contributed by atoms with Gasteiger partial charge in [-0.1, -0.05) is 18.6 Å². The number of amides is 1. The molecule has 0 radical (unpaired) electrons. The van der Waals surface area contributed by atoms with E-state index in [1.807, 2.05) is 24.3 Å². The third-order valence-corrected chi connectivity index (χ3v) is 5.44. The summed E-state index contributed by atoms with van der Waals surface area (Å²) in [6.07, 6.45) is 3.69. The number of ether oxygens (including phenoxy) is 1. The molecule has 0 spiro atoms. The molecule has 0 bridgehead atoms. The average molecular weight is 317 g/mol. The molecular formula is C18H23NO4. The number of fused-ring (bicyclic) bond motifs is 1. The van der Waals surface area contributed by atoms with Gasteiger partial charge in [-0.3, -0.25) is 9.59 Å². The van der Waals surface area contributed by atoms with E-state index in [-0.39, 0.29) is 11.8 Å². The second-order valence-corrected chi connectivity index (χ2v) is 6.67. The number of rotatable bonds is 5. The SMILES string of the molecule is COc1ccc(CCC(=O)N2C[C@@H]3CCC[C@@]3(C(=O)O)C2)cc1. The number of carbonyl (C=O) groups is 2. The van der Waals surface area contributed by atoms with Gasteiger partial charge in [0.05, 0.1) is 12.5 Å². The zero-order valence-electron chi connectivity index (χ0n) is 13.5. The van der Waals surface area contributed by atoms with E-state index in [9.17, 15) is 14.7 Å². The molecule has 2 fully saturated rings. The topological polar surface area (TPSA) is 66.8 Å². The summed E-state index contributed by atoms with van der Waals surface area (Å²) in [5, 5.41) is 9.58. The molecule has 0 unspecified atom stereocenters. The van der Waals surface area contributed by atoms with Gasteiger partial charge in [-0.05, 0) is 42.9 Å². The molecule has 1 aromatic carbocycles. The van der Waals surface area contributed by atoms with Gasteiger partial charge in [-0.15, -0.1) is 0 Å². The Morgan fingerprint density at radius 1 is 1.35 bits per heavy atom. The highest BCUT2D eigenvalue weighted by atomic mass is 16.5. The van der Waals surface area contributed by atoms with Crippen molar-refractivity contribution in [1.82, 2.24) is 4.90 Å². The van der Waals surface area contributed by atoms with Crippen molar-refractivity contribution in [2.75, 3.05) is 20.2 Å². The fourth-order valence-corrected chi connectivity index (χ4v) is 4.03. The minimum absolute atomic E-state index is 0.0656. The highest BCUT2D eigenvalue weighted by Crippen LogP contribution is 2.48. The van der Waals surface area contributed by atoms with Crippen LogP contribution in [0.5, 0.6) is 5.75 Å². The van der Waals surface area contributed by atoms with Gasteiger partial charge in [0, 0.05) is 19.5 Å². The molecule has 23 heavy (non-hydrogen) atoms. The maximum atomic E-state index is 12.4. The van der Waals surface area contributed by atoms with Gasteiger partial charge in [0.1, 0.15) is 5.75 Å². The summed E-state index contributed by atoms with van der Waals surface area (Å²) in [4.78, 5) is 25.9. The van der Waals surface area contributed by atoms with Gasteiger partial charge in [-0.25, -0.2) is 0 Å². The lowest BCUT2D eigenvalue weighted by atomic mass is 9.81. The van der Waals surface area contributed by atoms with E-state index < -0.39 is 11.4 Å². The molecule has 5 nitrogen and oxygen atoms in total. The van der Waals surface area contributed by atoms with Crippen molar-refractivity contribution in [1.29, 1.82) is 0 Å². The van der Waals surface area contributed by atoms with Crippen LogP contribution in [0.15, 0.2) is 24.3 Å². The maximum Gasteiger partial charge on any atom is 0.311 e. The lowest BCUT2D eigenvalue weighted by molar-refractivity contribution is -0.149. The minimum atomic E-state index is -0.731. The van der Waals surface area contributed by atoms with E-state index in [4.69, 9.17) is 4.74 Å². The zero-order chi connectivity index (χ0) is 16.4. The average Bonchev–Trinajstić information content (AvgIpc) is 3.11.